The van der Waals surface area contributed by atoms with Crippen LogP contribution in [0.4, 0.5) is 4.79 Å². The molecule has 1 amide bonds. The Morgan fingerprint density at radius 3 is 2.63 bits per heavy atom. The highest BCUT2D eigenvalue weighted by Gasteiger charge is 2.66. The normalized spacial score (nSPS) is 22.7. The van der Waals surface area contributed by atoms with Crippen molar-refractivity contribution in [2.45, 2.75) is 64.1 Å². The van der Waals surface area contributed by atoms with Crippen molar-refractivity contribution in [3.8, 4) is 5.75 Å². The lowest BCUT2D eigenvalue weighted by atomic mass is 9.66. The Bertz CT molecular complexity index is 1570. The van der Waals surface area contributed by atoms with E-state index in [0.717, 1.165) is 21.0 Å². The van der Waals surface area contributed by atoms with Gasteiger partial charge in [-0.3, -0.25) is 9.20 Å². The minimum atomic E-state index is -1.23. The molecule has 4 heterocycles. The standard InChI is InChI=1S/C29H33N3O7S2/c1-14(2)17-8-7-15(3)18(11-17)39-28(37)38-10-9-29(5)21(19-12-31-13-30-24(40-6)26(31)41-19)22(27(35)36)32-23(29)20(16(4)33)25(32)34/h7-8,11-14,16,20,23,33H,9-10H2,1-6H3,(H,35,36)/t16-,20-,23-,29?/m1/s1. The van der Waals surface area contributed by atoms with Gasteiger partial charge >= 0.3 is 12.1 Å². The number of imidazole rings is 1. The molecule has 1 aromatic carbocycles. The third-order valence-corrected chi connectivity index (χ3v) is 10.0. The van der Waals surface area contributed by atoms with Gasteiger partial charge in [-0.15, -0.1) is 23.1 Å². The number of carboxylic acids is 1. The van der Waals surface area contributed by atoms with Crippen molar-refractivity contribution in [2.75, 3.05) is 12.9 Å². The quantitative estimate of drug-likeness (QED) is 0.148. The minimum absolute atomic E-state index is 0.0818. The summed E-state index contributed by atoms with van der Waals surface area (Å²) in [5, 5.41) is 21.6. The van der Waals surface area contributed by atoms with Crippen LogP contribution in [0, 0.1) is 18.3 Å². The van der Waals surface area contributed by atoms with Crippen molar-refractivity contribution in [1.29, 1.82) is 0 Å². The number of aliphatic hydroxyl groups excluding tert-OH is 1. The second-order valence-corrected chi connectivity index (χ2v) is 12.9. The monoisotopic (exact) mass is 599 g/mol. The van der Waals surface area contributed by atoms with E-state index >= 15 is 0 Å². The molecule has 3 aromatic rings. The highest BCUT2D eigenvalue weighted by Crippen LogP contribution is 2.60. The Morgan fingerprint density at radius 2 is 2.00 bits per heavy atom. The summed E-state index contributed by atoms with van der Waals surface area (Å²) >= 11 is 2.87. The number of aromatic nitrogens is 2. The minimum Gasteiger partial charge on any atom is -0.477 e. The predicted molar refractivity (Wildman–Crippen MR) is 155 cm³/mol. The summed E-state index contributed by atoms with van der Waals surface area (Å²) in [5.41, 5.74) is 1.25. The summed E-state index contributed by atoms with van der Waals surface area (Å²) in [4.78, 5) is 45.7. The van der Waals surface area contributed by atoms with Gasteiger partial charge in [0.1, 0.15) is 27.6 Å². The number of hydrogen-bond donors (Lipinski definition) is 2. The summed E-state index contributed by atoms with van der Waals surface area (Å²) in [6.45, 7) is 9.26. The van der Waals surface area contributed by atoms with E-state index in [1.54, 1.807) is 6.33 Å². The molecular weight excluding hydrogens is 566 g/mol. The van der Waals surface area contributed by atoms with Crippen LogP contribution in [0.3, 0.4) is 0 Å². The highest BCUT2D eigenvalue weighted by molar-refractivity contribution is 7.98. The number of benzene rings is 1. The van der Waals surface area contributed by atoms with E-state index in [1.807, 2.05) is 62.7 Å². The number of β-lactam (4-membered cyclic amide) rings is 1. The fraction of sp³-hybridized carbons (Fsp3) is 0.448. The molecule has 1 saturated heterocycles. The van der Waals surface area contributed by atoms with Crippen LogP contribution in [0.5, 0.6) is 5.75 Å². The van der Waals surface area contributed by atoms with E-state index in [4.69, 9.17) is 9.47 Å². The van der Waals surface area contributed by atoms with E-state index in [0.29, 0.717) is 16.2 Å². The molecule has 0 saturated carbocycles. The van der Waals surface area contributed by atoms with Gasteiger partial charge < -0.3 is 24.6 Å². The molecule has 0 radical (unpaired) electrons. The first kappa shape index (κ1) is 29.2. The molecule has 2 aliphatic heterocycles. The molecule has 1 fully saturated rings. The van der Waals surface area contributed by atoms with E-state index in [1.165, 1.54) is 34.9 Å². The average molecular weight is 600 g/mol. The van der Waals surface area contributed by atoms with Gasteiger partial charge in [0, 0.05) is 17.2 Å². The number of thiazole rings is 1. The van der Waals surface area contributed by atoms with Crippen molar-refractivity contribution < 1.29 is 34.1 Å². The highest BCUT2D eigenvalue weighted by atomic mass is 32.2. The Morgan fingerprint density at radius 1 is 1.27 bits per heavy atom. The smallest absolute Gasteiger partial charge is 0.477 e. The molecule has 41 heavy (non-hydrogen) atoms. The first-order valence-electron chi connectivity index (χ1n) is 13.3. The SMILES string of the molecule is CSc1ncn2cc(C3=C(C(=O)O)N4C(=O)[C@H]([C@@H](C)O)[C@@H]4C3(C)CCOC(=O)Oc3cc(C(C)C)ccc3C)sc12. The second-order valence-electron chi connectivity index (χ2n) is 11.1. The second kappa shape index (κ2) is 10.8. The molecule has 2 aromatic heterocycles. The van der Waals surface area contributed by atoms with Crippen LogP contribution in [-0.4, -0.2) is 67.5 Å². The number of rotatable bonds is 9. The number of amides is 1. The summed E-state index contributed by atoms with van der Waals surface area (Å²) in [6, 6.07) is 5.09. The molecule has 1 unspecified atom stereocenters. The third kappa shape index (κ3) is 4.81. The number of nitrogens with zero attached hydrogens (tertiary/aromatic N) is 3. The van der Waals surface area contributed by atoms with Crippen LogP contribution < -0.4 is 4.74 Å². The molecule has 10 nitrogen and oxygen atoms in total. The van der Waals surface area contributed by atoms with E-state index in [9.17, 15) is 24.6 Å². The van der Waals surface area contributed by atoms with E-state index in [-0.39, 0.29) is 24.6 Å². The van der Waals surface area contributed by atoms with Crippen molar-refractivity contribution in [3.63, 3.8) is 0 Å². The molecule has 2 N–H and O–H groups in total. The molecule has 2 aliphatic rings. The lowest BCUT2D eigenvalue weighted by molar-refractivity contribution is -0.167. The fourth-order valence-electron chi connectivity index (χ4n) is 5.92. The van der Waals surface area contributed by atoms with Crippen molar-refractivity contribution in [2.24, 2.45) is 11.3 Å². The maximum atomic E-state index is 13.1. The average Bonchev–Trinajstić information content (AvgIpc) is 3.53. The number of aryl methyl sites for hydroxylation is 1. The van der Waals surface area contributed by atoms with Crippen LogP contribution in [0.15, 0.2) is 41.4 Å². The topological polar surface area (TPSA) is 131 Å². The van der Waals surface area contributed by atoms with Gasteiger partial charge in [0.15, 0.2) is 0 Å². The number of aliphatic carboxylic acids is 1. The summed E-state index contributed by atoms with van der Waals surface area (Å²) in [7, 11) is 0. The van der Waals surface area contributed by atoms with Crippen LogP contribution in [0.1, 0.15) is 56.0 Å². The zero-order valence-electron chi connectivity index (χ0n) is 23.7. The van der Waals surface area contributed by atoms with Gasteiger partial charge in [-0.1, -0.05) is 32.9 Å². The molecule has 218 valence electrons. The van der Waals surface area contributed by atoms with Crippen LogP contribution >= 0.6 is 23.1 Å². The van der Waals surface area contributed by atoms with Crippen molar-refractivity contribution >= 4 is 51.5 Å². The Balaban J connectivity index is 1.45. The van der Waals surface area contributed by atoms with Crippen molar-refractivity contribution in [3.05, 3.63) is 52.4 Å². The first-order valence-corrected chi connectivity index (χ1v) is 15.4. The van der Waals surface area contributed by atoms with Crippen LogP contribution in [0.25, 0.3) is 10.4 Å². The summed E-state index contributed by atoms with van der Waals surface area (Å²) in [5.74, 6) is -1.77. The molecule has 12 heteroatoms. The van der Waals surface area contributed by atoms with Gasteiger partial charge in [-0.2, -0.15) is 0 Å². The van der Waals surface area contributed by atoms with E-state index in [2.05, 4.69) is 4.98 Å². The van der Waals surface area contributed by atoms with Crippen LogP contribution in [0.2, 0.25) is 0 Å². The Kier molecular flexibility index (Phi) is 7.68. The first-order chi connectivity index (χ1) is 19.4. The zero-order chi connectivity index (χ0) is 29.8. The molecule has 0 spiro atoms. The number of hydrogen-bond acceptors (Lipinski definition) is 9. The van der Waals surface area contributed by atoms with Gasteiger partial charge in [-0.05, 0) is 49.6 Å². The molecule has 5 rings (SSSR count). The lowest BCUT2D eigenvalue weighted by Gasteiger charge is -2.50. The molecule has 0 bridgehead atoms. The number of fused-ring (bicyclic) bond motifs is 2. The number of carbonyl (C=O) groups excluding carboxylic acids is 2. The number of carbonyl (C=O) groups is 3. The molecule has 0 aliphatic carbocycles. The van der Waals surface area contributed by atoms with Gasteiger partial charge in [0.05, 0.1) is 29.5 Å². The maximum absolute atomic E-state index is 13.1. The fourth-order valence-corrected chi connectivity index (χ4v) is 7.88. The largest absolute Gasteiger partial charge is 0.513 e. The predicted octanol–water partition coefficient (Wildman–Crippen LogP) is 5.18. The van der Waals surface area contributed by atoms with E-state index < -0.39 is 41.5 Å². The molecular formula is C29H33N3O7S2. The Hall–Kier alpha value is -3.35. The van der Waals surface area contributed by atoms with Gasteiger partial charge in [0.2, 0.25) is 5.91 Å². The van der Waals surface area contributed by atoms with Gasteiger partial charge in [0.25, 0.3) is 0 Å². The summed E-state index contributed by atoms with van der Waals surface area (Å²) in [6.07, 6.45) is 3.76. The number of aliphatic hydroxyl groups is 1. The van der Waals surface area contributed by atoms with Crippen molar-refractivity contribution in [1.82, 2.24) is 14.3 Å². The lowest BCUT2D eigenvalue weighted by Crippen LogP contribution is -2.66. The van der Waals surface area contributed by atoms with Gasteiger partial charge in [-0.25, -0.2) is 14.6 Å². The summed E-state index contributed by atoms with van der Waals surface area (Å²) < 4.78 is 12.9. The maximum Gasteiger partial charge on any atom is 0.513 e. The van der Waals surface area contributed by atoms with Crippen LogP contribution in [-0.2, 0) is 14.3 Å². The number of thioether (sulfide) groups is 1. The number of ether oxygens (including phenoxy) is 2. The zero-order valence-corrected chi connectivity index (χ0v) is 25.3. The molecule has 4 atom stereocenters. The number of carboxylic acid groups (broad SMARTS) is 1. The third-order valence-electron chi connectivity index (χ3n) is 8.10. The Labute approximate surface area is 246 Å².